The van der Waals surface area contributed by atoms with Gasteiger partial charge in [-0.3, -0.25) is 0 Å². The van der Waals surface area contributed by atoms with Crippen molar-refractivity contribution in [2.45, 2.75) is 13.3 Å². The number of rotatable bonds is 4. The fraction of sp³-hybridized carbons (Fsp3) is 0.214. The normalized spacial score (nSPS) is 10.9. The van der Waals surface area contributed by atoms with Gasteiger partial charge in [0.2, 0.25) is 0 Å². The van der Waals surface area contributed by atoms with Crippen LogP contribution in [0.4, 0.5) is 10.2 Å². The molecular formula is C14H14FN5. The molecule has 5 nitrogen and oxygen atoms in total. The molecule has 0 aliphatic heterocycles. The molecule has 0 atom stereocenters. The number of aryl methyl sites for hydroxylation is 1. The summed E-state index contributed by atoms with van der Waals surface area (Å²) in [4.78, 5) is 8.36. The second-order valence-electron chi connectivity index (χ2n) is 4.56. The minimum Gasteiger partial charge on any atom is -0.370 e. The summed E-state index contributed by atoms with van der Waals surface area (Å²) >= 11 is 0. The second-order valence-corrected chi connectivity index (χ2v) is 4.56. The molecule has 6 heteroatoms. The fourth-order valence-electron chi connectivity index (χ4n) is 2.04. The number of halogens is 1. The molecule has 0 radical (unpaired) electrons. The van der Waals surface area contributed by atoms with Crippen LogP contribution in [0.1, 0.15) is 11.3 Å². The first-order valence-corrected chi connectivity index (χ1v) is 6.38. The van der Waals surface area contributed by atoms with Crippen molar-refractivity contribution < 1.29 is 4.39 Å². The Morgan fingerprint density at radius 2 is 2.05 bits per heavy atom. The number of benzene rings is 1. The third-order valence-corrected chi connectivity index (χ3v) is 3.01. The lowest BCUT2D eigenvalue weighted by Crippen LogP contribution is -2.10. The van der Waals surface area contributed by atoms with Crippen LogP contribution < -0.4 is 5.32 Å². The Balaban J connectivity index is 1.70. The summed E-state index contributed by atoms with van der Waals surface area (Å²) in [5.41, 5.74) is 1.97. The van der Waals surface area contributed by atoms with E-state index < -0.39 is 0 Å². The van der Waals surface area contributed by atoms with Crippen LogP contribution in [0.25, 0.3) is 5.78 Å². The van der Waals surface area contributed by atoms with Crippen LogP contribution in [0, 0.1) is 12.7 Å². The largest absolute Gasteiger partial charge is 0.370 e. The molecule has 0 saturated heterocycles. The van der Waals surface area contributed by atoms with Gasteiger partial charge in [-0.1, -0.05) is 12.1 Å². The quantitative estimate of drug-likeness (QED) is 0.790. The molecule has 0 spiro atoms. The third-order valence-electron chi connectivity index (χ3n) is 3.01. The number of hydrogen-bond donors (Lipinski definition) is 1. The van der Waals surface area contributed by atoms with Gasteiger partial charge >= 0.3 is 0 Å². The van der Waals surface area contributed by atoms with Gasteiger partial charge in [0.15, 0.2) is 0 Å². The van der Waals surface area contributed by atoms with Gasteiger partial charge in [0.1, 0.15) is 18.0 Å². The van der Waals surface area contributed by atoms with Crippen LogP contribution in [0.3, 0.4) is 0 Å². The van der Waals surface area contributed by atoms with E-state index in [1.807, 2.05) is 13.0 Å². The first-order chi connectivity index (χ1) is 9.72. The molecule has 20 heavy (non-hydrogen) atoms. The van der Waals surface area contributed by atoms with Crippen molar-refractivity contribution >= 4 is 11.6 Å². The van der Waals surface area contributed by atoms with Gasteiger partial charge in [0.25, 0.3) is 5.78 Å². The Bertz CT molecular complexity index is 720. The smallest absolute Gasteiger partial charge is 0.254 e. The van der Waals surface area contributed by atoms with E-state index in [0.717, 1.165) is 30.0 Å². The SMILES string of the molecule is Cc1cc(NCCc2ccc(F)cc2)n2ncnc2n1. The summed E-state index contributed by atoms with van der Waals surface area (Å²) in [6.07, 6.45) is 2.28. The van der Waals surface area contributed by atoms with Gasteiger partial charge < -0.3 is 5.32 Å². The Labute approximate surface area is 115 Å². The van der Waals surface area contributed by atoms with Crippen molar-refractivity contribution in [3.05, 3.63) is 53.7 Å². The summed E-state index contributed by atoms with van der Waals surface area (Å²) in [5.74, 6) is 1.22. The maximum atomic E-state index is 12.8. The zero-order valence-electron chi connectivity index (χ0n) is 11.0. The maximum absolute atomic E-state index is 12.8. The van der Waals surface area contributed by atoms with Crippen LogP contribution in [0.5, 0.6) is 0 Å². The molecule has 0 aliphatic rings. The summed E-state index contributed by atoms with van der Waals surface area (Å²) in [7, 11) is 0. The topological polar surface area (TPSA) is 55.1 Å². The summed E-state index contributed by atoms with van der Waals surface area (Å²) in [5, 5.41) is 7.43. The molecule has 0 amide bonds. The average molecular weight is 271 g/mol. The average Bonchev–Trinajstić information content (AvgIpc) is 2.89. The van der Waals surface area contributed by atoms with E-state index in [2.05, 4.69) is 20.4 Å². The second kappa shape index (κ2) is 5.24. The highest BCUT2D eigenvalue weighted by Crippen LogP contribution is 2.10. The predicted octanol–water partition coefficient (Wildman–Crippen LogP) is 2.23. The van der Waals surface area contributed by atoms with Gasteiger partial charge in [0.05, 0.1) is 0 Å². The van der Waals surface area contributed by atoms with Crippen LogP contribution in [0.2, 0.25) is 0 Å². The highest BCUT2D eigenvalue weighted by atomic mass is 19.1. The molecule has 2 heterocycles. The number of fused-ring (bicyclic) bond motifs is 1. The molecule has 0 saturated carbocycles. The van der Waals surface area contributed by atoms with Crippen molar-refractivity contribution in [2.75, 3.05) is 11.9 Å². The van der Waals surface area contributed by atoms with Gasteiger partial charge in [-0.15, -0.1) is 0 Å². The molecule has 3 rings (SSSR count). The van der Waals surface area contributed by atoms with Crippen molar-refractivity contribution in [2.24, 2.45) is 0 Å². The zero-order valence-corrected chi connectivity index (χ0v) is 11.0. The van der Waals surface area contributed by atoms with Crippen LogP contribution in [0.15, 0.2) is 36.7 Å². The predicted molar refractivity (Wildman–Crippen MR) is 74.1 cm³/mol. The Hall–Kier alpha value is -2.50. The van der Waals surface area contributed by atoms with E-state index in [9.17, 15) is 4.39 Å². The molecular weight excluding hydrogens is 257 g/mol. The minimum absolute atomic E-state index is 0.212. The van der Waals surface area contributed by atoms with E-state index in [0.29, 0.717) is 5.78 Å². The Kier molecular flexibility index (Phi) is 3.28. The van der Waals surface area contributed by atoms with Crippen LogP contribution >= 0.6 is 0 Å². The molecule has 0 fully saturated rings. The minimum atomic E-state index is -0.212. The van der Waals surface area contributed by atoms with Crippen molar-refractivity contribution in [1.29, 1.82) is 0 Å². The summed E-state index contributed by atoms with van der Waals surface area (Å²) < 4.78 is 14.5. The van der Waals surface area contributed by atoms with Gasteiger partial charge in [-0.2, -0.15) is 14.6 Å². The highest BCUT2D eigenvalue weighted by molar-refractivity contribution is 5.44. The number of nitrogens with zero attached hydrogens (tertiary/aromatic N) is 4. The standard InChI is InChI=1S/C14H14FN5/c1-10-8-13(20-14(19-10)17-9-18-20)16-7-6-11-2-4-12(15)5-3-11/h2-5,8-9,16H,6-7H2,1H3. The first kappa shape index (κ1) is 12.5. The van der Waals surface area contributed by atoms with E-state index in [4.69, 9.17) is 0 Å². The molecule has 1 aromatic carbocycles. The highest BCUT2D eigenvalue weighted by Gasteiger charge is 2.04. The van der Waals surface area contributed by atoms with Crippen LogP contribution in [-0.2, 0) is 6.42 Å². The molecule has 0 bridgehead atoms. The van der Waals surface area contributed by atoms with Gasteiger partial charge in [-0.25, -0.2) is 9.37 Å². The molecule has 0 aliphatic carbocycles. The molecule has 3 aromatic rings. The molecule has 102 valence electrons. The zero-order chi connectivity index (χ0) is 13.9. The van der Waals surface area contributed by atoms with Crippen molar-refractivity contribution in [3.8, 4) is 0 Å². The fourth-order valence-corrected chi connectivity index (χ4v) is 2.04. The Morgan fingerprint density at radius 1 is 1.25 bits per heavy atom. The van der Waals surface area contributed by atoms with Crippen LogP contribution in [-0.4, -0.2) is 26.1 Å². The molecule has 1 N–H and O–H groups in total. The molecule has 0 unspecified atom stereocenters. The number of nitrogens with one attached hydrogen (secondary N) is 1. The number of aromatic nitrogens is 4. The van der Waals surface area contributed by atoms with E-state index >= 15 is 0 Å². The van der Waals surface area contributed by atoms with Crippen molar-refractivity contribution in [3.63, 3.8) is 0 Å². The lowest BCUT2D eigenvalue weighted by Gasteiger charge is -2.08. The first-order valence-electron chi connectivity index (χ1n) is 6.38. The van der Waals surface area contributed by atoms with E-state index in [-0.39, 0.29) is 5.82 Å². The summed E-state index contributed by atoms with van der Waals surface area (Å²) in [6.45, 7) is 2.64. The van der Waals surface area contributed by atoms with Crippen molar-refractivity contribution in [1.82, 2.24) is 19.6 Å². The Morgan fingerprint density at radius 3 is 2.85 bits per heavy atom. The lowest BCUT2D eigenvalue weighted by atomic mass is 10.1. The van der Waals surface area contributed by atoms with E-state index in [1.165, 1.54) is 18.5 Å². The lowest BCUT2D eigenvalue weighted by molar-refractivity contribution is 0.627. The summed E-state index contributed by atoms with van der Waals surface area (Å²) in [6, 6.07) is 8.45. The van der Waals surface area contributed by atoms with Gasteiger partial charge in [0, 0.05) is 18.3 Å². The number of hydrogen-bond acceptors (Lipinski definition) is 4. The maximum Gasteiger partial charge on any atom is 0.254 e. The monoisotopic (exact) mass is 271 g/mol. The van der Waals surface area contributed by atoms with Gasteiger partial charge in [-0.05, 0) is 31.0 Å². The molecule has 2 aromatic heterocycles. The number of anilines is 1. The third kappa shape index (κ3) is 2.59. The van der Waals surface area contributed by atoms with E-state index in [1.54, 1.807) is 16.6 Å².